The van der Waals surface area contributed by atoms with Crippen LogP contribution in [0.1, 0.15) is 19.4 Å². The van der Waals surface area contributed by atoms with Crippen LogP contribution in [-0.4, -0.2) is 30.8 Å². The van der Waals surface area contributed by atoms with Crippen molar-refractivity contribution in [2.45, 2.75) is 32.9 Å². The lowest BCUT2D eigenvalue weighted by Crippen LogP contribution is -2.33. The number of hydrogen-bond acceptors (Lipinski definition) is 3. The molecule has 0 bridgehead atoms. The second-order valence-electron chi connectivity index (χ2n) is 4.68. The zero-order valence-corrected chi connectivity index (χ0v) is 11.3. The molecule has 0 aromatic heterocycles. The molecule has 0 aliphatic heterocycles. The molecular weight excluding hydrogens is 252 g/mol. The number of aliphatic hydroxyl groups excluding tert-OH is 1. The third-order valence-corrected chi connectivity index (χ3v) is 3.07. The summed E-state index contributed by atoms with van der Waals surface area (Å²) < 4.78 is 28.8. The van der Waals surface area contributed by atoms with Gasteiger partial charge in [-0.25, -0.2) is 8.78 Å². The molecular formula is C14H21F2NO2. The number of rotatable bonds is 8. The minimum absolute atomic E-state index is 0.147. The summed E-state index contributed by atoms with van der Waals surface area (Å²) in [4.78, 5) is 0. The Hall–Kier alpha value is -1.20. The molecule has 0 heterocycles. The van der Waals surface area contributed by atoms with Crippen LogP contribution >= 0.6 is 0 Å². The SMILES string of the molecule is CC(CO)C(C)NCc1ccc(OCC(F)F)cc1. The molecule has 0 aliphatic rings. The molecule has 19 heavy (non-hydrogen) atoms. The van der Waals surface area contributed by atoms with Crippen molar-refractivity contribution < 1.29 is 18.6 Å². The lowest BCUT2D eigenvalue weighted by Gasteiger charge is -2.19. The number of halogens is 2. The molecule has 2 atom stereocenters. The number of ether oxygens (including phenoxy) is 1. The molecule has 3 nitrogen and oxygen atoms in total. The number of hydrogen-bond donors (Lipinski definition) is 2. The maximum Gasteiger partial charge on any atom is 0.272 e. The van der Waals surface area contributed by atoms with Crippen LogP contribution in [0, 0.1) is 5.92 Å². The Kier molecular flexibility index (Phi) is 6.73. The predicted octanol–water partition coefficient (Wildman–Crippen LogP) is 2.44. The fourth-order valence-corrected chi connectivity index (χ4v) is 1.50. The second-order valence-corrected chi connectivity index (χ2v) is 4.68. The van der Waals surface area contributed by atoms with Gasteiger partial charge in [-0.3, -0.25) is 0 Å². The van der Waals surface area contributed by atoms with Crippen molar-refractivity contribution in [3.63, 3.8) is 0 Å². The van der Waals surface area contributed by atoms with E-state index in [9.17, 15) is 8.78 Å². The Morgan fingerprint density at radius 3 is 2.37 bits per heavy atom. The van der Waals surface area contributed by atoms with E-state index >= 15 is 0 Å². The van der Waals surface area contributed by atoms with Gasteiger partial charge in [-0.05, 0) is 30.5 Å². The Morgan fingerprint density at radius 1 is 1.21 bits per heavy atom. The van der Waals surface area contributed by atoms with Crippen molar-refractivity contribution in [2.75, 3.05) is 13.2 Å². The van der Waals surface area contributed by atoms with Crippen molar-refractivity contribution in [1.82, 2.24) is 5.32 Å². The van der Waals surface area contributed by atoms with Crippen LogP contribution in [0.5, 0.6) is 5.75 Å². The molecule has 1 aromatic carbocycles. The Bertz CT molecular complexity index is 357. The van der Waals surface area contributed by atoms with Gasteiger partial charge in [0.05, 0.1) is 0 Å². The van der Waals surface area contributed by atoms with E-state index in [4.69, 9.17) is 9.84 Å². The molecule has 1 rings (SSSR count). The molecule has 0 spiro atoms. The molecule has 0 amide bonds. The van der Waals surface area contributed by atoms with E-state index in [0.717, 1.165) is 5.56 Å². The van der Waals surface area contributed by atoms with Gasteiger partial charge in [-0.2, -0.15) is 0 Å². The van der Waals surface area contributed by atoms with E-state index < -0.39 is 13.0 Å². The third kappa shape index (κ3) is 5.98. The summed E-state index contributed by atoms with van der Waals surface area (Å²) in [5.41, 5.74) is 1.04. The third-order valence-electron chi connectivity index (χ3n) is 3.07. The quantitative estimate of drug-likeness (QED) is 0.764. The lowest BCUT2D eigenvalue weighted by molar-refractivity contribution is 0.0819. The average Bonchev–Trinajstić information content (AvgIpc) is 2.42. The van der Waals surface area contributed by atoms with Gasteiger partial charge < -0.3 is 15.2 Å². The molecule has 0 fully saturated rings. The molecule has 2 unspecified atom stereocenters. The first-order chi connectivity index (χ1) is 9.02. The zero-order chi connectivity index (χ0) is 14.3. The maximum absolute atomic E-state index is 12.0. The fourth-order valence-electron chi connectivity index (χ4n) is 1.50. The normalized spacial score (nSPS) is 14.4. The largest absolute Gasteiger partial charge is 0.488 e. The van der Waals surface area contributed by atoms with Crippen LogP contribution in [0.3, 0.4) is 0 Å². The first kappa shape index (κ1) is 15.9. The monoisotopic (exact) mass is 273 g/mol. The van der Waals surface area contributed by atoms with Crippen LogP contribution in [0.25, 0.3) is 0 Å². The predicted molar refractivity (Wildman–Crippen MR) is 70.5 cm³/mol. The van der Waals surface area contributed by atoms with Crippen LogP contribution < -0.4 is 10.1 Å². The van der Waals surface area contributed by atoms with E-state index in [1.807, 2.05) is 26.0 Å². The Morgan fingerprint density at radius 2 is 1.84 bits per heavy atom. The highest BCUT2D eigenvalue weighted by molar-refractivity contribution is 5.27. The van der Waals surface area contributed by atoms with E-state index in [-0.39, 0.29) is 18.6 Å². The topological polar surface area (TPSA) is 41.5 Å². The minimum Gasteiger partial charge on any atom is -0.488 e. The molecule has 0 saturated heterocycles. The van der Waals surface area contributed by atoms with Gasteiger partial charge in [0.1, 0.15) is 12.4 Å². The summed E-state index contributed by atoms with van der Waals surface area (Å²) in [6.45, 7) is 4.22. The van der Waals surface area contributed by atoms with Crippen molar-refractivity contribution in [3.8, 4) is 5.75 Å². The maximum atomic E-state index is 12.0. The highest BCUT2D eigenvalue weighted by atomic mass is 19.3. The van der Waals surface area contributed by atoms with E-state index in [1.54, 1.807) is 12.1 Å². The van der Waals surface area contributed by atoms with Gasteiger partial charge >= 0.3 is 0 Å². The van der Waals surface area contributed by atoms with Crippen LogP contribution in [0.4, 0.5) is 8.78 Å². The van der Waals surface area contributed by atoms with Crippen LogP contribution in [0.15, 0.2) is 24.3 Å². The van der Waals surface area contributed by atoms with Gasteiger partial charge in [-0.15, -0.1) is 0 Å². The molecule has 2 N–H and O–H groups in total. The van der Waals surface area contributed by atoms with Crippen LogP contribution in [-0.2, 0) is 6.54 Å². The number of alkyl halides is 2. The number of aliphatic hydroxyl groups is 1. The van der Waals surface area contributed by atoms with E-state index in [0.29, 0.717) is 12.3 Å². The van der Waals surface area contributed by atoms with Gasteiger partial charge in [-0.1, -0.05) is 19.1 Å². The molecule has 1 aromatic rings. The van der Waals surface area contributed by atoms with Crippen LogP contribution in [0.2, 0.25) is 0 Å². The standard InChI is InChI=1S/C14H21F2NO2/c1-10(8-18)11(2)17-7-12-3-5-13(6-4-12)19-9-14(15)16/h3-6,10-11,14,17-18H,7-9H2,1-2H3. The highest BCUT2D eigenvalue weighted by Crippen LogP contribution is 2.13. The summed E-state index contributed by atoms with van der Waals surface area (Å²) >= 11 is 0. The first-order valence-electron chi connectivity index (χ1n) is 6.37. The smallest absolute Gasteiger partial charge is 0.272 e. The van der Waals surface area contributed by atoms with Gasteiger partial charge in [0.25, 0.3) is 6.43 Å². The zero-order valence-electron chi connectivity index (χ0n) is 11.3. The van der Waals surface area contributed by atoms with Crippen molar-refractivity contribution in [2.24, 2.45) is 5.92 Å². The molecule has 0 aliphatic carbocycles. The van der Waals surface area contributed by atoms with Crippen molar-refractivity contribution in [3.05, 3.63) is 29.8 Å². The highest BCUT2D eigenvalue weighted by Gasteiger charge is 2.10. The lowest BCUT2D eigenvalue weighted by atomic mass is 10.0. The molecule has 5 heteroatoms. The summed E-state index contributed by atoms with van der Waals surface area (Å²) in [6, 6.07) is 7.24. The van der Waals surface area contributed by atoms with E-state index in [2.05, 4.69) is 5.32 Å². The summed E-state index contributed by atoms with van der Waals surface area (Å²) in [5.74, 6) is 0.634. The van der Waals surface area contributed by atoms with E-state index in [1.165, 1.54) is 0 Å². The molecule has 108 valence electrons. The van der Waals surface area contributed by atoms with Gasteiger partial charge in [0.15, 0.2) is 0 Å². The second kappa shape index (κ2) is 8.07. The Balaban J connectivity index is 2.39. The minimum atomic E-state index is -2.46. The average molecular weight is 273 g/mol. The van der Waals surface area contributed by atoms with Gasteiger partial charge in [0.2, 0.25) is 0 Å². The number of benzene rings is 1. The first-order valence-corrected chi connectivity index (χ1v) is 6.37. The van der Waals surface area contributed by atoms with Crippen molar-refractivity contribution >= 4 is 0 Å². The van der Waals surface area contributed by atoms with Crippen molar-refractivity contribution in [1.29, 1.82) is 0 Å². The summed E-state index contributed by atoms with van der Waals surface area (Å²) in [6.07, 6.45) is -2.46. The van der Waals surface area contributed by atoms with Gasteiger partial charge in [0, 0.05) is 19.2 Å². The summed E-state index contributed by atoms with van der Waals surface area (Å²) in [5, 5.41) is 12.3. The molecule has 0 saturated carbocycles. The molecule has 0 radical (unpaired) electrons. The summed E-state index contributed by atoms with van der Waals surface area (Å²) in [7, 11) is 0. The number of nitrogens with one attached hydrogen (secondary N) is 1. The Labute approximate surface area is 112 Å². The fraction of sp³-hybridized carbons (Fsp3) is 0.571.